The highest BCUT2D eigenvalue weighted by molar-refractivity contribution is 6.18. The molecule has 0 saturated carbocycles. The summed E-state index contributed by atoms with van der Waals surface area (Å²) in [4.78, 5) is 0. The summed E-state index contributed by atoms with van der Waals surface area (Å²) >= 11 is 0. The van der Waals surface area contributed by atoms with Gasteiger partial charge in [0.1, 0.15) is 0 Å². The summed E-state index contributed by atoms with van der Waals surface area (Å²) in [6, 6.07) is 76.5. The molecule has 14 rings (SSSR count). The van der Waals surface area contributed by atoms with Gasteiger partial charge in [0.05, 0.1) is 21.9 Å². The van der Waals surface area contributed by atoms with E-state index in [2.05, 4.69) is 219 Å². The zero-order valence-corrected chi connectivity index (χ0v) is 33.5. The summed E-state index contributed by atoms with van der Waals surface area (Å²) in [5.74, 6) is 0. The Bertz CT molecular complexity index is 3440. The van der Waals surface area contributed by atoms with Gasteiger partial charge in [-0.05, 0) is 113 Å². The van der Waals surface area contributed by atoms with Crippen molar-refractivity contribution in [2.75, 3.05) is 0 Å². The maximum absolute atomic E-state index is 2.53. The fraction of sp³-hybridized carbons (Fsp3) is 0.0847. The summed E-state index contributed by atoms with van der Waals surface area (Å²) in [6.45, 7) is 4.76. The Labute approximate surface area is 349 Å². The molecule has 1 aromatic heterocycles. The van der Waals surface area contributed by atoms with Crippen LogP contribution in [0.15, 0.2) is 200 Å². The van der Waals surface area contributed by atoms with Gasteiger partial charge in [-0.1, -0.05) is 190 Å². The van der Waals surface area contributed by atoms with Crippen LogP contribution in [-0.2, 0) is 16.2 Å². The fourth-order valence-corrected chi connectivity index (χ4v) is 12.9. The van der Waals surface area contributed by atoms with Gasteiger partial charge in [-0.2, -0.15) is 0 Å². The van der Waals surface area contributed by atoms with E-state index in [9.17, 15) is 0 Å². The van der Waals surface area contributed by atoms with Gasteiger partial charge in [-0.15, -0.1) is 0 Å². The van der Waals surface area contributed by atoms with E-state index in [0.29, 0.717) is 0 Å². The van der Waals surface area contributed by atoms with Crippen molar-refractivity contribution in [2.24, 2.45) is 0 Å². The smallest absolute Gasteiger partial charge is 0.0720 e. The maximum Gasteiger partial charge on any atom is 0.0720 e. The lowest BCUT2D eigenvalue weighted by Crippen LogP contribution is -2.43. The van der Waals surface area contributed by atoms with Crippen molar-refractivity contribution in [3.05, 3.63) is 256 Å². The Morgan fingerprint density at radius 1 is 0.317 bits per heavy atom. The normalized spacial score (nSPS) is 15.9. The van der Waals surface area contributed by atoms with Crippen molar-refractivity contribution in [1.82, 2.24) is 4.57 Å². The number of hydrogen-bond donors (Lipinski definition) is 0. The predicted octanol–water partition coefficient (Wildman–Crippen LogP) is 14.1. The van der Waals surface area contributed by atoms with Gasteiger partial charge in [0.25, 0.3) is 0 Å². The minimum atomic E-state index is -0.530. The third-order valence-electron chi connectivity index (χ3n) is 15.1. The van der Waals surface area contributed by atoms with Crippen LogP contribution in [0.5, 0.6) is 0 Å². The molecule has 280 valence electrons. The number of fused-ring (bicyclic) bond motifs is 23. The summed E-state index contributed by atoms with van der Waals surface area (Å²) < 4.78 is 2.53. The van der Waals surface area contributed by atoms with Crippen LogP contribution < -0.4 is 0 Å². The largest absolute Gasteiger partial charge is 0.309 e. The van der Waals surface area contributed by atoms with E-state index in [1.165, 1.54) is 117 Å². The maximum atomic E-state index is 2.53. The standard InChI is InChI=1S/C59H39N/c1-57(2)43-22-8-3-17-37(43)40-32-31-36(35-52(40)57)60-53-30-16-7-21-42(53)56-54(60)34-33-51-55(56)41-20-6-11-25-46(41)59(51)49-28-14-12-26-47(49)58(48-27-13-15-29-50(48)59)44-23-9-4-18-38(44)39-19-5-10-24-45(39)58/h3-35H,1-2H3. The van der Waals surface area contributed by atoms with Crippen LogP contribution >= 0.6 is 0 Å². The van der Waals surface area contributed by atoms with E-state index in [1.54, 1.807) is 0 Å². The average molecular weight is 762 g/mol. The first-order chi connectivity index (χ1) is 29.6. The molecule has 1 heteroatoms. The summed E-state index contributed by atoms with van der Waals surface area (Å²) in [5.41, 5.74) is 24.3. The SMILES string of the molecule is CC1(C)c2ccccc2-c2ccc(-n3c4ccccc4c4c5c(ccc43)C3(c4ccccc4-5)c4ccccc4C4(c5ccccc5-c5ccccc54)c4ccccc43)cc21. The zero-order chi connectivity index (χ0) is 39.5. The molecule has 0 bridgehead atoms. The molecule has 0 saturated heterocycles. The third-order valence-corrected chi connectivity index (χ3v) is 15.1. The molecule has 1 nitrogen and oxygen atoms in total. The Morgan fingerprint density at radius 2 is 0.750 bits per heavy atom. The van der Waals surface area contributed by atoms with Crippen LogP contribution in [0, 0.1) is 0 Å². The lowest BCUT2D eigenvalue weighted by atomic mass is 9.52. The minimum absolute atomic E-state index is 0.0905. The summed E-state index contributed by atoms with van der Waals surface area (Å²) in [6.07, 6.45) is 0. The van der Waals surface area contributed by atoms with Gasteiger partial charge < -0.3 is 4.57 Å². The molecule has 4 aliphatic carbocycles. The van der Waals surface area contributed by atoms with E-state index in [4.69, 9.17) is 0 Å². The van der Waals surface area contributed by atoms with Crippen molar-refractivity contribution in [3.8, 4) is 39.1 Å². The highest BCUT2D eigenvalue weighted by atomic mass is 15.0. The van der Waals surface area contributed by atoms with Gasteiger partial charge in [-0.25, -0.2) is 0 Å². The molecule has 60 heavy (non-hydrogen) atoms. The van der Waals surface area contributed by atoms with Crippen molar-refractivity contribution in [2.45, 2.75) is 30.1 Å². The van der Waals surface area contributed by atoms with Crippen LogP contribution in [0.4, 0.5) is 0 Å². The molecule has 10 aromatic rings. The Balaban J connectivity index is 1.10. The van der Waals surface area contributed by atoms with Crippen molar-refractivity contribution >= 4 is 21.8 Å². The first-order valence-electron chi connectivity index (χ1n) is 21.4. The third kappa shape index (κ3) is 3.57. The molecule has 9 aromatic carbocycles. The zero-order valence-electron chi connectivity index (χ0n) is 33.5. The lowest BCUT2D eigenvalue weighted by molar-refractivity contribution is 0.633. The molecule has 0 aliphatic heterocycles. The predicted molar refractivity (Wildman–Crippen MR) is 247 cm³/mol. The van der Waals surface area contributed by atoms with Crippen LogP contribution in [0.1, 0.15) is 69.5 Å². The second kappa shape index (κ2) is 11.1. The molecule has 0 fully saturated rings. The van der Waals surface area contributed by atoms with Gasteiger partial charge in [0.2, 0.25) is 0 Å². The monoisotopic (exact) mass is 761 g/mol. The molecule has 0 amide bonds. The molecule has 0 N–H and O–H groups in total. The molecule has 0 radical (unpaired) electrons. The van der Waals surface area contributed by atoms with Gasteiger partial charge in [0.15, 0.2) is 0 Å². The first kappa shape index (κ1) is 32.7. The number of nitrogens with zero attached hydrogens (tertiary/aromatic N) is 1. The fourth-order valence-electron chi connectivity index (χ4n) is 12.9. The Hall–Kier alpha value is -7.22. The number of rotatable bonds is 1. The van der Waals surface area contributed by atoms with Crippen LogP contribution in [-0.4, -0.2) is 4.57 Å². The van der Waals surface area contributed by atoms with E-state index >= 15 is 0 Å². The van der Waals surface area contributed by atoms with E-state index in [-0.39, 0.29) is 5.41 Å². The Kier molecular flexibility index (Phi) is 6.04. The average Bonchev–Trinajstić information content (AvgIpc) is 3.97. The molecule has 4 aliphatic rings. The van der Waals surface area contributed by atoms with Gasteiger partial charge in [-0.3, -0.25) is 0 Å². The minimum Gasteiger partial charge on any atom is -0.309 e. The molecule has 2 spiro atoms. The van der Waals surface area contributed by atoms with Crippen LogP contribution in [0.3, 0.4) is 0 Å². The number of benzene rings is 9. The second-order valence-electron chi connectivity index (χ2n) is 17.9. The number of aromatic nitrogens is 1. The summed E-state index contributed by atoms with van der Waals surface area (Å²) in [7, 11) is 0. The number of hydrogen-bond acceptors (Lipinski definition) is 0. The molecule has 0 atom stereocenters. The van der Waals surface area contributed by atoms with Crippen LogP contribution in [0.25, 0.3) is 60.9 Å². The Morgan fingerprint density at radius 3 is 1.35 bits per heavy atom. The first-order valence-corrected chi connectivity index (χ1v) is 21.4. The molecule has 0 unspecified atom stereocenters. The second-order valence-corrected chi connectivity index (χ2v) is 17.9. The molecule has 1 heterocycles. The lowest BCUT2D eigenvalue weighted by Gasteiger charge is -2.48. The van der Waals surface area contributed by atoms with Crippen LogP contribution in [0.2, 0.25) is 0 Å². The highest BCUT2D eigenvalue weighted by Crippen LogP contribution is 2.68. The highest BCUT2D eigenvalue weighted by Gasteiger charge is 2.59. The van der Waals surface area contributed by atoms with E-state index in [0.717, 1.165) is 0 Å². The topological polar surface area (TPSA) is 4.93 Å². The number of para-hydroxylation sites is 1. The summed E-state index contributed by atoms with van der Waals surface area (Å²) in [5, 5.41) is 2.61. The molecular formula is C59H39N. The van der Waals surface area contributed by atoms with E-state index < -0.39 is 10.8 Å². The quantitative estimate of drug-likeness (QED) is 0.157. The van der Waals surface area contributed by atoms with Crippen molar-refractivity contribution < 1.29 is 0 Å². The van der Waals surface area contributed by atoms with E-state index in [1.807, 2.05) is 0 Å². The van der Waals surface area contributed by atoms with Crippen molar-refractivity contribution in [3.63, 3.8) is 0 Å². The molecular weight excluding hydrogens is 723 g/mol. The van der Waals surface area contributed by atoms with Gasteiger partial charge in [0, 0.05) is 21.9 Å². The van der Waals surface area contributed by atoms with Crippen molar-refractivity contribution in [1.29, 1.82) is 0 Å². The van der Waals surface area contributed by atoms with Gasteiger partial charge >= 0.3 is 0 Å².